The van der Waals surface area contributed by atoms with E-state index in [0.29, 0.717) is 5.46 Å². The Morgan fingerprint density at radius 3 is 2.57 bits per heavy atom. The van der Waals surface area contributed by atoms with E-state index in [1.807, 2.05) is 0 Å². The Bertz CT molecular complexity index is 559. The molecule has 2 radical (unpaired) electrons. The third kappa shape index (κ3) is 5.04. The Morgan fingerprint density at radius 1 is 1.29 bits per heavy atom. The van der Waals surface area contributed by atoms with Crippen LogP contribution in [-0.2, 0) is 5.54 Å². The topological polar surface area (TPSA) is 54.9 Å². The van der Waals surface area contributed by atoms with Crippen molar-refractivity contribution in [3.63, 3.8) is 0 Å². The maximum absolute atomic E-state index is 12.2. The summed E-state index contributed by atoms with van der Waals surface area (Å²) in [6, 6.07) is 0. The van der Waals surface area contributed by atoms with Crippen molar-refractivity contribution in [2.75, 3.05) is 0 Å². The lowest BCUT2D eigenvalue weighted by Gasteiger charge is -2.31. The summed E-state index contributed by atoms with van der Waals surface area (Å²) in [6.45, 7) is 6.37. The number of aromatic amines is 1. The van der Waals surface area contributed by atoms with Crippen molar-refractivity contribution in [1.29, 1.82) is 0 Å². The minimum atomic E-state index is -0.325. The SMILES string of the molecule is CCCCCCC(C)(CC)n1cc([B][B]I)c(=O)[nH]c1=O. The zero-order valence-corrected chi connectivity index (χ0v) is 15.3. The molecular formula is C14H23B2IN2O2. The van der Waals surface area contributed by atoms with Gasteiger partial charge in [-0.1, -0.05) is 39.5 Å². The average molecular weight is 400 g/mol. The second-order valence-electron chi connectivity index (χ2n) is 5.67. The fourth-order valence-electron chi connectivity index (χ4n) is 2.47. The fraction of sp³-hybridized carbons (Fsp3) is 0.714. The summed E-state index contributed by atoms with van der Waals surface area (Å²) in [5, 5.41) is 1.78. The van der Waals surface area contributed by atoms with E-state index in [1.54, 1.807) is 23.0 Å². The van der Waals surface area contributed by atoms with Gasteiger partial charge in [0.25, 0.3) is 0 Å². The van der Waals surface area contributed by atoms with E-state index >= 15 is 0 Å². The lowest BCUT2D eigenvalue weighted by molar-refractivity contribution is 0.260. The van der Waals surface area contributed by atoms with Gasteiger partial charge >= 0.3 is 5.69 Å². The highest BCUT2D eigenvalue weighted by Crippen LogP contribution is 2.25. The molecule has 4 nitrogen and oxygen atoms in total. The summed E-state index contributed by atoms with van der Waals surface area (Å²) in [5.41, 5.74) is -0.362. The van der Waals surface area contributed by atoms with Gasteiger partial charge in [0.05, 0.1) is 0 Å². The molecule has 21 heavy (non-hydrogen) atoms. The van der Waals surface area contributed by atoms with Crippen molar-refractivity contribution in [1.82, 2.24) is 9.55 Å². The predicted molar refractivity (Wildman–Crippen MR) is 99.2 cm³/mol. The van der Waals surface area contributed by atoms with Gasteiger partial charge in [0.2, 0.25) is 5.56 Å². The van der Waals surface area contributed by atoms with Crippen LogP contribution in [0.25, 0.3) is 0 Å². The molecule has 0 aliphatic heterocycles. The Morgan fingerprint density at radius 2 is 2.00 bits per heavy atom. The molecule has 1 aromatic rings. The van der Waals surface area contributed by atoms with Gasteiger partial charge in [0.15, 0.2) is 5.03 Å². The van der Waals surface area contributed by atoms with Crippen LogP contribution in [0.4, 0.5) is 0 Å². The molecule has 1 heterocycles. The number of rotatable bonds is 9. The second kappa shape index (κ2) is 8.86. The highest BCUT2D eigenvalue weighted by molar-refractivity contribution is 14.1. The minimum Gasteiger partial charge on any atom is -0.295 e. The molecule has 0 fully saturated rings. The van der Waals surface area contributed by atoms with E-state index in [0.717, 1.165) is 19.3 Å². The zero-order chi connectivity index (χ0) is 15.9. The summed E-state index contributed by atoms with van der Waals surface area (Å²) in [4.78, 5) is 26.4. The van der Waals surface area contributed by atoms with Gasteiger partial charge in [-0.2, -0.15) is 22.4 Å². The number of unbranched alkanes of at least 4 members (excludes halogenated alkanes) is 3. The number of nitrogens with zero attached hydrogens (tertiary/aromatic N) is 1. The number of halogens is 1. The van der Waals surface area contributed by atoms with Crippen LogP contribution in [0.1, 0.15) is 59.3 Å². The molecule has 0 saturated heterocycles. The largest absolute Gasteiger partial charge is 0.328 e. The van der Waals surface area contributed by atoms with E-state index in [1.165, 1.54) is 19.3 Å². The lowest BCUT2D eigenvalue weighted by Crippen LogP contribution is -2.48. The maximum Gasteiger partial charge on any atom is 0.328 e. The normalized spacial score (nSPS) is 13.7. The molecule has 0 bridgehead atoms. The predicted octanol–water partition coefficient (Wildman–Crippen LogP) is 1.93. The first-order valence-corrected chi connectivity index (χ1v) is 8.86. The Labute approximate surface area is 141 Å². The van der Waals surface area contributed by atoms with Crippen molar-refractivity contribution in [2.24, 2.45) is 0 Å². The van der Waals surface area contributed by atoms with Gasteiger partial charge in [-0.3, -0.25) is 14.3 Å². The first-order chi connectivity index (χ1) is 9.98. The minimum absolute atomic E-state index is 0.247. The van der Waals surface area contributed by atoms with E-state index in [9.17, 15) is 9.59 Å². The second-order valence-corrected chi connectivity index (χ2v) is 6.39. The Hall–Kier alpha value is -0.460. The van der Waals surface area contributed by atoms with Crippen molar-refractivity contribution in [3.05, 3.63) is 27.0 Å². The third-order valence-corrected chi connectivity index (χ3v) is 4.48. The van der Waals surface area contributed by atoms with Crippen LogP contribution in [-0.4, -0.2) is 21.7 Å². The molecule has 0 aliphatic rings. The molecule has 0 aliphatic carbocycles. The molecule has 0 aromatic carbocycles. The van der Waals surface area contributed by atoms with Gasteiger partial charge in [-0.05, 0) is 25.2 Å². The number of hydrogen-bond donors (Lipinski definition) is 1. The Kier molecular flexibility index (Phi) is 7.84. The van der Waals surface area contributed by atoms with Crippen LogP contribution in [0.2, 0.25) is 0 Å². The monoisotopic (exact) mass is 400 g/mol. The van der Waals surface area contributed by atoms with Crippen LogP contribution >= 0.6 is 22.4 Å². The fourth-order valence-corrected chi connectivity index (χ4v) is 2.86. The molecule has 1 rings (SSSR count). The van der Waals surface area contributed by atoms with Gasteiger partial charge in [0, 0.05) is 11.7 Å². The van der Waals surface area contributed by atoms with Gasteiger partial charge in [-0.15, -0.1) is 0 Å². The molecule has 1 aromatic heterocycles. The molecule has 0 amide bonds. The van der Waals surface area contributed by atoms with Crippen molar-refractivity contribution in [3.8, 4) is 0 Å². The third-order valence-electron chi connectivity index (χ3n) is 4.12. The molecule has 0 spiro atoms. The van der Waals surface area contributed by atoms with E-state index in [4.69, 9.17) is 0 Å². The van der Waals surface area contributed by atoms with E-state index in [-0.39, 0.29) is 16.8 Å². The highest BCUT2D eigenvalue weighted by Gasteiger charge is 2.25. The number of aromatic nitrogens is 2. The van der Waals surface area contributed by atoms with Crippen molar-refractivity contribution in [2.45, 2.75) is 64.8 Å². The lowest BCUT2D eigenvalue weighted by atomic mass is 9.51. The van der Waals surface area contributed by atoms with E-state index in [2.05, 4.69) is 48.1 Å². The first kappa shape index (κ1) is 18.6. The highest BCUT2D eigenvalue weighted by atomic mass is 127. The maximum atomic E-state index is 12.2. The van der Waals surface area contributed by atoms with Crippen LogP contribution in [0.3, 0.4) is 0 Å². The van der Waals surface area contributed by atoms with Gasteiger partial charge in [-0.25, -0.2) is 4.79 Å². The molecule has 7 heteroatoms. The summed E-state index contributed by atoms with van der Waals surface area (Å²) in [7, 11) is 1.72. The number of hydrogen-bond acceptors (Lipinski definition) is 2. The van der Waals surface area contributed by atoms with Crippen LogP contribution in [0, 0.1) is 0 Å². The standard InChI is InChI=1S/C14H23B2IN2O2/c1-4-6-7-8-9-14(3,5-2)19-10-11(15-16-17)12(20)18-13(19)21/h10H,4-9H2,1-3H3,(H,18,20,21). The molecule has 0 saturated carbocycles. The van der Waals surface area contributed by atoms with Crippen LogP contribution < -0.4 is 16.7 Å². The molecule has 1 N–H and O–H groups in total. The smallest absolute Gasteiger partial charge is 0.295 e. The van der Waals surface area contributed by atoms with Crippen molar-refractivity contribution >= 4 is 40.0 Å². The van der Waals surface area contributed by atoms with Crippen LogP contribution in [0.5, 0.6) is 0 Å². The molecular weight excluding hydrogens is 377 g/mol. The van der Waals surface area contributed by atoms with Gasteiger partial charge in [0.1, 0.15) is 7.17 Å². The van der Waals surface area contributed by atoms with Gasteiger partial charge < -0.3 is 0 Å². The first-order valence-electron chi connectivity index (χ1n) is 7.61. The summed E-state index contributed by atoms with van der Waals surface area (Å²) < 4.78 is 1.70. The molecule has 1 atom stereocenters. The summed E-state index contributed by atoms with van der Waals surface area (Å²) in [6.07, 6.45) is 8.21. The van der Waals surface area contributed by atoms with E-state index < -0.39 is 0 Å². The summed E-state index contributed by atoms with van der Waals surface area (Å²) >= 11 is 2.07. The molecule has 1 unspecified atom stereocenters. The quantitative estimate of drug-likeness (QED) is 0.392. The van der Waals surface area contributed by atoms with Crippen LogP contribution in [0.15, 0.2) is 15.8 Å². The zero-order valence-electron chi connectivity index (χ0n) is 13.1. The number of H-pyrrole nitrogens is 1. The Balaban J connectivity index is 3.05. The number of nitrogens with one attached hydrogen (secondary N) is 1. The average Bonchev–Trinajstić information content (AvgIpc) is 2.46. The molecule has 114 valence electrons. The van der Waals surface area contributed by atoms with Crippen molar-refractivity contribution < 1.29 is 0 Å². The summed E-state index contributed by atoms with van der Waals surface area (Å²) in [5.74, 6) is 0.